The molecule has 0 saturated heterocycles. The van der Waals surface area contributed by atoms with Crippen molar-refractivity contribution in [2.24, 2.45) is 5.73 Å². The fourth-order valence-electron chi connectivity index (χ4n) is 1.51. The minimum absolute atomic E-state index is 0.00377. The molecule has 0 saturated carbocycles. The van der Waals surface area contributed by atoms with Gasteiger partial charge in [-0.25, -0.2) is 13.2 Å². The van der Waals surface area contributed by atoms with Gasteiger partial charge in [0, 0.05) is 17.8 Å². The number of hydrogen-bond acceptors (Lipinski definition) is 3. The summed E-state index contributed by atoms with van der Waals surface area (Å²) >= 11 is 4.64. The third-order valence-electron chi connectivity index (χ3n) is 2.31. The van der Waals surface area contributed by atoms with Crippen LogP contribution in [0.3, 0.4) is 0 Å². The minimum atomic E-state index is -2.57. The van der Waals surface area contributed by atoms with Gasteiger partial charge in [-0.1, -0.05) is 12.2 Å². The average Bonchev–Trinajstić information content (AvgIpc) is 2.27. The number of nitrogens with two attached hydrogens (primary N) is 1. The predicted octanol–water partition coefficient (Wildman–Crippen LogP) is 1.52. The first-order chi connectivity index (χ1) is 8.45. The van der Waals surface area contributed by atoms with E-state index in [0.717, 1.165) is 6.07 Å². The molecule has 0 aliphatic carbocycles. The number of benzene rings is 1. The van der Waals surface area contributed by atoms with Crippen molar-refractivity contribution in [3.63, 3.8) is 0 Å². The van der Waals surface area contributed by atoms with E-state index in [1.54, 1.807) is 0 Å². The first-order valence-corrected chi connectivity index (χ1v) is 5.60. The normalized spacial score (nSPS) is 10.7. The average molecular weight is 278 g/mol. The van der Waals surface area contributed by atoms with Crippen LogP contribution in [-0.4, -0.2) is 36.2 Å². The van der Waals surface area contributed by atoms with Crippen molar-refractivity contribution in [1.82, 2.24) is 0 Å². The maximum Gasteiger partial charge on any atom is 0.255 e. The number of aliphatic hydroxyl groups excluding tert-OH is 1. The largest absolute Gasteiger partial charge is 0.395 e. The Hall–Kier alpha value is -1.34. The summed E-state index contributed by atoms with van der Waals surface area (Å²) in [6.45, 7) is -0.881. The van der Waals surface area contributed by atoms with Gasteiger partial charge < -0.3 is 15.7 Å². The molecule has 3 N–H and O–H groups in total. The van der Waals surface area contributed by atoms with E-state index in [-0.39, 0.29) is 29.4 Å². The molecular formula is C11H13F3N2OS. The summed E-state index contributed by atoms with van der Waals surface area (Å²) in [7, 11) is 0. The van der Waals surface area contributed by atoms with Crippen molar-refractivity contribution in [3.05, 3.63) is 29.6 Å². The third-order valence-corrected chi connectivity index (χ3v) is 2.53. The number of halogens is 3. The first kappa shape index (κ1) is 14.7. The molecular weight excluding hydrogens is 265 g/mol. The van der Waals surface area contributed by atoms with Crippen LogP contribution in [0.2, 0.25) is 0 Å². The SMILES string of the molecule is NC(=S)c1ccc(N(CCO)CC(F)F)cc1F. The molecule has 1 rings (SSSR count). The second-order valence-corrected chi connectivity index (χ2v) is 4.03. The lowest BCUT2D eigenvalue weighted by molar-refractivity contribution is 0.153. The Balaban J connectivity index is 2.98. The van der Waals surface area contributed by atoms with Crippen LogP contribution in [0.4, 0.5) is 18.9 Å². The Morgan fingerprint density at radius 3 is 2.56 bits per heavy atom. The standard InChI is InChI=1S/C11H13F3N2OS/c12-9-5-7(1-2-8(9)11(15)18)16(3-4-17)6-10(13)14/h1-2,5,10,17H,3-4,6H2,(H2,15,18). The molecule has 0 spiro atoms. The van der Waals surface area contributed by atoms with Crippen molar-refractivity contribution in [3.8, 4) is 0 Å². The van der Waals surface area contributed by atoms with E-state index in [4.69, 9.17) is 10.8 Å². The number of alkyl halides is 2. The molecule has 0 atom stereocenters. The van der Waals surface area contributed by atoms with Crippen molar-refractivity contribution in [2.45, 2.75) is 6.43 Å². The van der Waals surface area contributed by atoms with Crippen LogP contribution >= 0.6 is 12.2 Å². The van der Waals surface area contributed by atoms with E-state index in [1.165, 1.54) is 17.0 Å². The second kappa shape index (κ2) is 6.55. The molecule has 0 heterocycles. The summed E-state index contributed by atoms with van der Waals surface area (Å²) in [6.07, 6.45) is -2.57. The number of anilines is 1. The quantitative estimate of drug-likeness (QED) is 0.775. The molecule has 1 aromatic rings. The van der Waals surface area contributed by atoms with Gasteiger partial charge in [0.1, 0.15) is 10.8 Å². The van der Waals surface area contributed by atoms with Gasteiger partial charge >= 0.3 is 0 Å². The van der Waals surface area contributed by atoms with Gasteiger partial charge in [0.2, 0.25) is 0 Å². The molecule has 1 aromatic carbocycles. The number of rotatable bonds is 6. The molecule has 0 unspecified atom stereocenters. The van der Waals surface area contributed by atoms with Gasteiger partial charge in [-0.3, -0.25) is 0 Å². The van der Waals surface area contributed by atoms with Gasteiger partial charge in [0.05, 0.1) is 13.2 Å². The van der Waals surface area contributed by atoms with Crippen LogP contribution in [0.25, 0.3) is 0 Å². The Morgan fingerprint density at radius 2 is 2.11 bits per heavy atom. The number of nitrogens with zero attached hydrogens (tertiary/aromatic N) is 1. The molecule has 18 heavy (non-hydrogen) atoms. The third kappa shape index (κ3) is 3.85. The molecule has 7 heteroatoms. The van der Waals surface area contributed by atoms with Crippen LogP contribution in [-0.2, 0) is 0 Å². The highest BCUT2D eigenvalue weighted by Crippen LogP contribution is 2.19. The fourth-order valence-corrected chi connectivity index (χ4v) is 1.68. The zero-order valence-electron chi connectivity index (χ0n) is 9.44. The van der Waals surface area contributed by atoms with E-state index in [9.17, 15) is 13.2 Å². The summed E-state index contributed by atoms with van der Waals surface area (Å²) in [5, 5.41) is 8.80. The molecule has 100 valence electrons. The zero-order chi connectivity index (χ0) is 13.7. The van der Waals surface area contributed by atoms with Crippen LogP contribution < -0.4 is 10.6 Å². The highest BCUT2D eigenvalue weighted by Gasteiger charge is 2.14. The van der Waals surface area contributed by atoms with E-state index >= 15 is 0 Å². The van der Waals surface area contributed by atoms with Crippen LogP contribution in [0.1, 0.15) is 5.56 Å². The molecule has 3 nitrogen and oxygen atoms in total. The van der Waals surface area contributed by atoms with E-state index < -0.39 is 18.8 Å². The molecule has 0 bridgehead atoms. The van der Waals surface area contributed by atoms with Crippen molar-refractivity contribution < 1.29 is 18.3 Å². The highest BCUT2D eigenvalue weighted by molar-refractivity contribution is 7.80. The molecule has 0 aliphatic heterocycles. The first-order valence-electron chi connectivity index (χ1n) is 5.19. The molecule has 0 aliphatic rings. The Morgan fingerprint density at radius 1 is 1.44 bits per heavy atom. The van der Waals surface area contributed by atoms with Crippen LogP contribution in [0.5, 0.6) is 0 Å². The topological polar surface area (TPSA) is 49.5 Å². The summed E-state index contributed by atoms with van der Waals surface area (Å²) < 4.78 is 38.3. The van der Waals surface area contributed by atoms with Gasteiger partial charge in [0.25, 0.3) is 6.43 Å². The van der Waals surface area contributed by atoms with E-state index in [1.807, 2.05) is 0 Å². The Bertz CT molecular complexity index is 429. The number of thiocarbonyl (C=S) groups is 1. The molecule has 0 radical (unpaired) electrons. The van der Waals surface area contributed by atoms with Crippen molar-refractivity contribution in [1.29, 1.82) is 0 Å². The lowest BCUT2D eigenvalue weighted by Gasteiger charge is -2.23. The Kier molecular flexibility index (Phi) is 5.36. The minimum Gasteiger partial charge on any atom is -0.395 e. The van der Waals surface area contributed by atoms with E-state index in [0.29, 0.717) is 0 Å². The van der Waals surface area contributed by atoms with Crippen molar-refractivity contribution in [2.75, 3.05) is 24.6 Å². The van der Waals surface area contributed by atoms with Gasteiger partial charge in [-0.05, 0) is 18.2 Å². The van der Waals surface area contributed by atoms with Crippen LogP contribution in [0, 0.1) is 5.82 Å². The van der Waals surface area contributed by atoms with Gasteiger partial charge in [-0.15, -0.1) is 0 Å². The van der Waals surface area contributed by atoms with Gasteiger partial charge in [0.15, 0.2) is 0 Å². The smallest absolute Gasteiger partial charge is 0.255 e. The van der Waals surface area contributed by atoms with Gasteiger partial charge in [-0.2, -0.15) is 0 Å². The number of aliphatic hydroxyl groups is 1. The monoisotopic (exact) mass is 278 g/mol. The molecule has 0 fully saturated rings. The lowest BCUT2D eigenvalue weighted by atomic mass is 10.1. The lowest BCUT2D eigenvalue weighted by Crippen LogP contribution is -2.31. The second-order valence-electron chi connectivity index (χ2n) is 3.59. The van der Waals surface area contributed by atoms with Crippen LogP contribution in [0.15, 0.2) is 18.2 Å². The fraction of sp³-hybridized carbons (Fsp3) is 0.364. The predicted molar refractivity (Wildman–Crippen MR) is 67.6 cm³/mol. The molecule has 0 aromatic heterocycles. The summed E-state index contributed by atoms with van der Waals surface area (Å²) in [6, 6.07) is 3.85. The highest BCUT2D eigenvalue weighted by atomic mass is 32.1. The maximum atomic E-state index is 13.6. The zero-order valence-corrected chi connectivity index (χ0v) is 10.3. The summed E-state index contributed by atoms with van der Waals surface area (Å²) in [4.78, 5) is 1.10. The summed E-state index contributed by atoms with van der Waals surface area (Å²) in [5.74, 6) is -0.669. The summed E-state index contributed by atoms with van der Waals surface area (Å²) in [5.41, 5.74) is 5.61. The number of hydrogen-bond donors (Lipinski definition) is 2. The van der Waals surface area contributed by atoms with E-state index in [2.05, 4.69) is 12.2 Å². The molecule has 0 amide bonds. The Labute approximate surface area is 108 Å². The van der Waals surface area contributed by atoms with Crippen molar-refractivity contribution >= 4 is 22.9 Å². The maximum absolute atomic E-state index is 13.6.